The highest BCUT2D eigenvalue weighted by atomic mass is 32.2. The molecule has 23 heavy (non-hydrogen) atoms. The van der Waals surface area contributed by atoms with E-state index in [1.807, 2.05) is 24.4 Å². The number of hydrogen-bond donors (Lipinski definition) is 2. The average Bonchev–Trinajstić information content (AvgIpc) is 3.33. The molecule has 0 unspecified atom stereocenters. The maximum atomic E-state index is 11.9. The summed E-state index contributed by atoms with van der Waals surface area (Å²) in [5.74, 6) is 0.482. The van der Waals surface area contributed by atoms with Gasteiger partial charge in [-0.3, -0.25) is 20.4 Å². The zero-order valence-corrected chi connectivity index (χ0v) is 14.3. The van der Waals surface area contributed by atoms with Crippen LogP contribution in [-0.4, -0.2) is 16.8 Å². The number of aryl methyl sites for hydroxylation is 1. The Morgan fingerprint density at radius 1 is 1.26 bits per heavy atom. The molecule has 5 nitrogen and oxygen atoms in total. The summed E-state index contributed by atoms with van der Waals surface area (Å²) in [4.78, 5) is 27.8. The largest absolute Gasteiger partial charge is 0.273 e. The average molecular weight is 347 g/mol. The van der Waals surface area contributed by atoms with Crippen LogP contribution in [0.5, 0.6) is 0 Å². The third-order valence-electron chi connectivity index (χ3n) is 3.42. The van der Waals surface area contributed by atoms with E-state index in [0.29, 0.717) is 5.56 Å². The number of thiazole rings is 1. The van der Waals surface area contributed by atoms with Gasteiger partial charge in [0.1, 0.15) is 4.34 Å². The second-order valence-corrected chi connectivity index (χ2v) is 7.54. The predicted octanol–water partition coefficient (Wildman–Crippen LogP) is 2.91. The molecule has 1 heterocycles. The number of carbonyl (C=O) groups excluding carboxylic acids is 2. The molecule has 0 bridgehead atoms. The summed E-state index contributed by atoms with van der Waals surface area (Å²) in [5.41, 5.74) is 7.60. The summed E-state index contributed by atoms with van der Waals surface area (Å²) in [6.07, 6.45) is 1.82. The molecule has 1 aliphatic rings. The van der Waals surface area contributed by atoms with Crippen LogP contribution in [0.1, 0.15) is 34.5 Å². The van der Waals surface area contributed by atoms with Gasteiger partial charge in [-0.2, -0.15) is 0 Å². The van der Waals surface area contributed by atoms with Gasteiger partial charge in [0.15, 0.2) is 0 Å². The van der Waals surface area contributed by atoms with Gasteiger partial charge < -0.3 is 0 Å². The first-order valence-electron chi connectivity index (χ1n) is 7.36. The van der Waals surface area contributed by atoms with Crippen LogP contribution in [0.25, 0.3) is 0 Å². The van der Waals surface area contributed by atoms with Crippen LogP contribution >= 0.6 is 23.1 Å². The standard InChI is InChI=1S/C16H17N3O2S2/c1-10-8-22-16(17-10)23-9-11-2-4-12(5-3-11)14(20)18-19-15(21)13-6-7-13/h2-5,8,13H,6-7,9H2,1H3,(H,18,20)(H,19,21). The summed E-state index contributed by atoms with van der Waals surface area (Å²) in [6.45, 7) is 1.98. The Balaban J connectivity index is 1.49. The first-order valence-corrected chi connectivity index (χ1v) is 9.22. The molecule has 2 aromatic rings. The number of thioether (sulfide) groups is 1. The molecular formula is C16H17N3O2S2. The molecule has 1 aliphatic carbocycles. The molecule has 1 aromatic heterocycles. The van der Waals surface area contributed by atoms with Gasteiger partial charge in [0.05, 0.1) is 0 Å². The molecule has 1 aromatic carbocycles. The second kappa shape index (κ2) is 7.14. The van der Waals surface area contributed by atoms with E-state index in [1.54, 1.807) is 35.2 Å². The number of rotatable bonds is 5. The lowest BCUT2D eigenvalue weighted by Crippen LogP contribution is -2.42. The molecule has 0 atom stereocenters. The quantitative estimate of drug-likeness (QED) is 0.644. The highest BCUT2D eigenvalue weighted by molar-refractivity contribution is 8.00. The van der Waals surface area contributed by atoms with Crippen LogP contribution in [-0.2, 0) is 10.5 Å². The Bertz CT molecular complexity index is 708. The molecule has 120 valence electrons. The smallest absolute Gasteiger partial charge is 0.269 e. The van der Waals surface area contributed by atoms with Gasteiger partial charge in [-0.05, 0) is 37.5 Å². The van der Waals surface area contributed by atoms with Crippen molar-refractivity contribution in [3.8, 4) is 0 Å². The zero-order chi connectivity index (χ0) is 16.2. The molecular weight excluding hydrogens is 330 g/mol. The number of amides is 2. The van der Waals surface area contributed by atoms with Crippen molar-refractivity contribution >= 4 is 34.9 Å². The van der Waals surface area contributed by atoms with E-state index in [1.165, 1.54) is 0 Å². The fourth-order valence-electron chi connectivity index (χ4n) is 1.93. The molecule has 0 spiro atoms. The van der Waals surface area contributed by atoms with Crippen molar-refractivity contribution in [2.75, 3.05) is 0 Å². The van der Waals surface area contributed by atoms with Crippen LogP contribution in [0.2, 0.25) is 0 Å². The summed E-state index contributed by atoms with van der Waals surface area (Å²) >= 11 is 3.32. The molecule has 1 fully saturated rings. The third-order valence-corrected chi connectivity index (χ3v) is 5.63. The minimum Gasteiger partial charge on any atom is -0.273 e. The van der Waals surface area contributed by atoms with E-state index >= 15 is 0 Å². The number of nitrogens with one attached hydrogen (secondary N) is 2. The van der Waals surface area contributed by atoms with E-state index in [4.69, 9.17) is 0 Å². The predicted molar refractivity (Wildman–Crippen MR) is 91.2 cm³/mol. The van der Waals surface area contributed by atoms with Crippen LogP contribution in [0.4, 0.5) is 0 Å². The van der Waals surface area contributed by atoms with Crippen molar-refractivity contribution in [2.45, 2.75) is 29.9 Å². The summed E-state index contributed by atoms with van der Waals surface area (Å²) < 4.78 is 1.05. The molecule has 1 saturated carbocycles. The Kier molecular flexibility index (Phi) is 4.97. The Labute approximate surface area is 142 Å². The van der Waals surface area contributed by atoms with E-state index in [-0.39, 0.29) is 17.7 Å². The van der Waals surface area contributed by atoms with E-state index in [9.17, 15) is 9.59 Å². The van der Waals surface area contributed by atoms with Crippen LogP contribution < -0.4 is 10.9 Å². The van der Waals surface area contributed by atoms with Crippen molar-refractivity contribution in [2.24, 2.45) is 5.92 Å². The molecule has 0 radical (unpaired) electrons. The van der Waals surface area contributed by atoms with Gasteiger partial charge in [-0.15, -0.1) is 11.3 Å². The lowest BCUT2D eigenvalue weighted by Gasteiger charge is -2.07. The normalized spacial score (nSPS) is 13.6. The molecule has 2 amide bonds. The van der Waals surface area contributed by atoms with E-state index in [2.05, 4.69) is 15.8 Å². The molecule has 2 N–H and O–H groups in total. The number of hydrogen-bond acceptors (Lipinski definition) is 5. The second-order valence-electron chi connectivity index (χ2n) is 5.46. The maximum Gasteiger partial charge on any atom is 0.269 e. The first kappa shape index (κ1) is 16.0. The Morgan fingerprint density at radius 3 is 2.61 bits per heavy atom. The summed E-state index contributed by atoms with van der Waals surface area (Å²) in [7, 11) is 0. The van der Waals surface area contributed by atoms with Gasteiger partial charge in [0, 0.05) is 28.3 Å². The third kappa shape index (κ3) is 4.56. The van der Waals surface area contributed by atoms with Gasteiger partial charge in [-0.25, -0.2) is 4.98 Å². The highest BCUT2D eigenvalue weighted by Gasteiger charge is 2.29. The SMILES string of the molecule is Cc1csc(SCc2ccc(C(=O)NNC(=O)C3CC3)cc2)n1. The van der Waals surface area contributed by atoms with Gasteiger partial charge >= 0.3 is 0 Å². The number of carbonyl (C=O) groups is 2. The number of benzene rings is 1. The van der Waals surface area contributed by atoms with Crippen LogP contribution in [0.3, 0.4) is 0 Å². The van der Waals surface area contributed by atoms with Crippen molar-refractivity contribution < 1.29 is 9.59 Å². The Hall–Kier alpha value is -1.86. The van der Waals surface area contributed by atoms with Crippen LogP contribution in [0, 0.1) is 12.8 Å². The van der Waals surface area contributed by atoms with Crippen LogP contribution in [0.15, 0.2) is 34.0 Å². The first-order chi connectivity index (χ1) is 11.1. The number of aromatic nitrogens is 1. The molecule has 3 rings (SSSR count). The van der Waals surface area contributed by atoms with Crippen molar-refractivity contribution in [1.82, 2.24) is 15.8 Å². The fraction of sp³-hybridized carbons (Fsp3) is 0.312. The van der Waals surface area contributed by atoms with Gasteiger partial charge in [0.2, 0.25) is 5.91 Å². The molecule has 0 aliphatic heterocycles. The van der Waals surface area contributed by atoms with Crippen molar-refractivity contribution in [3.63, 3.8) is 0 Å². The fourth-order valence-corrected chi connectivity index (χ4v) is 3.74. The summed E-state index contributed by atoms with van der Waals surface area (Å²) in [6, 6.07) is 7.37. The van der Waals surface area contributed by atoms with Gasteiger partial charge in [-0.1, -0.05) is 23.9 Å². The minimum absolute atomic E-state index is 0.0733. The molecule has 0 saturated heterocycles. The highest BCUT2D eigenvalue weighted by Crippen LogP contribution is 2.28. The monoisotopic (exact) mass is 347 g/mol. The lowest BCUT2D eigenvalue weighted by atomic mass is 10.1. The number of hydrazine groups is 1. The van der Waals surface area contributed by atoms with E-state index < -0.39 is 0 Å². The topological polar surface area (TPSA) is 71.1 Å². The minimum atomic E-state index is -0.297. The van der Waals surface area contributed by atoms with Gasteiger partial charge in [0.25, 0.3) is 5.91 Å². The lowest BCUT2D eigenvalue weighted by molar-refractivity contribution is -0.123. The maximum absolute atomic E-state index is 11.9. The molecule has 7 heteroatoms. The zero-order valence-electron chi connectivity index (χ0n) is 12.7. The van der Waals surface area contributed by atoms with E-state index in [0.717, 1.165) is 34.2 Å². The number of nitrogens with zero attached hydrogens (tertiary/aromatic N) is 1. The Morgan fingerprint density at radius 2 is 2.00 bits per heavy atom. The summed E-state index contributed by atoms with van der Waals surface area (Å²) in [5, 5.41) is 2.03. The van der Waals surface area contributed by atoms with Crippen molar-refractivity contribution in [1.29, 1.82) is 0 Å². The van der Waals surface area contributed by atoms with Crippen molar-refractivity contribution in [3.05, 3.63) is 46.5 Å².